The molecule has 3 rings (SSSR count). The Labute approximate surface area is 129 Å². The number of carbonyl (C=O) groups excluding carboxylic acids is 1. The number of aromatic amines is 1. The summed E-state index contributed by atoms with van der Waals surface area (Å²) in [5.41, 5.74) is 1.60. The first-order valence-electron chi connectivity index (χ1n) is 7.62. The lowest BCUT2D eigenvalue weighted by atomic mass is 10.0. The first-order valence-corrected chi connectivity index (χ1v) is 7.62. The van der Waals surface area contributed by atoms with E-state index >= 15 is 0 Å². The van der Waals surface area contributed by atoms with Gasteiger partial charge in [0.1, 0.15) is 0 Å². The van der Waals surface area contributed by atoms with E-state index in [-0.39, 0.29) is 5.78 Å². The quantitative estimate of drug-likeness (QED) is 0.914. The third kappa shape index (κ3) is 2.98. The molecule has 0 unspecified atom stereocenters. The largest absolute Gasteiger partial charge is 0.451 e. The average Bonchev–Trinajstić information content (AvgIpc) is 2.84. The van der Waals surface area contributed by atoms with Crippen LogP contribution in [0.3, 0.4) is 0 Å². The monoisotopic (exact) mass is 299 g/mol. The van der Waals surface area contributed by atoms with Gasteiger partial charge in [-0.25, -0.2) is 4.99 Å². The van der Waals surface area contributed by atoms with Gasteiger partial charge in [0.05, 0.1) is 6.54 Å². The second-order valence-corrected chi connectivity index (χ2v) is 6.01. The Morgan fingerprint density at radius 1 is 1.36 bits per heavy atom. The predicted octanol–water partition coefficient (Wildman–Crippen LogP) is 2.42. The molecule has 2 aromatic rings. The first kappa shape index (κ1) is 14.6. The number of aromatic nitrogens is 1. The molecule has 0 bridgehead atoms. The SMILES string of the molecule is CC1(C)OC(NCCc2c[nH]c3ccccc23)=NCCC1=O. The smallest absolute Gasteiger partial charge is 0.285 e. The van der Waals surface area contributed by atoms with Crippen LogP contribution in [0.15, 0.2) is 35.5 Å². The molecule has 1 aliphatic heterocycles. The molecule has 0 amide bonds. The van der Waals surface area contributed by atoms with Crippen molar-refractivity contribution in [3.8, 4) is 0 Å². The zero-order valence-electron chi connectivity index (χ0n) is 13.0. The summed E-state index contributed by atoms with van der Waals surface area (Å²) >= 11 is 0. The normalized spacial score (nSPS) is 17.7. The first-order chi connectivity index (χ1) is 10.6. The molecule has 0 atom stereocenters. The summed E-state index contributed by atoms with van der Waals surface area (Å²) in [4.78, 5) is 19.4. The minimum absolute atomic E-state index is 0.0877. The molecule has 0 saturated heterocycles. The number of nitrogens with one attached hydrogen (secondary N) is 2. The maximum atomic E-state index is 11.9. The number of para-hydroxylation sites is 1. The lowest BCUT2D eigenvalue weighted by Gasteiger charge is -2.23. The zero-order chi connectivity index (χ0) is 15.6. The van der Waals surface area contributed by atoms with Crippen LogP contribution in [-0.2, 0) is 16.0 Å². The van der Waals surface area contributed by atoms with Crippen molar-refractivity contribution in [2.75, 3.05) is 13.1 Å². The van der Waals surface area contributed by atoms with Crippen LogP contribution >= 0.6 is 0 Å². The summed E-state index contributed by atoms with van der Waals surface area (Å²) in [6.45, 7) is 4.78. The molecule has 0 aliphatic carbocycles. The van der Waals surface area contributed by atoms with Crippen molar-refractivity contribution in [2.45, 2.75) is 32.3 Å². The molecular formula is C17H21N3O2. The number of aliphatic imine (C=N–C) groups is 1. The summed E-state index contributed by atoms with van der Waals surface area (Å²) in [6.07, 6.45) is 3.33. The van der Waals surface area contributed by atoms with Crippen molar-refractivity contribution in [1.82, 2.24) is 10.3 Å². The lowest BCUT2D eigenvalue weighted by Crippen LogP contribution is -2.40. The molecular weight excluding hydrogens is 278 g/mol. The molecule has 0 spiro atoms. The van der Waals surface area contributed by atoms with Gasteiger partial charge in [-0.05, 0) is 31.9 Å². The second kappa shape index (κ2) is 5.83. The molecule has 0 saturated carbocycles. The van der Waals surface area contributed by atoms with Crippen LogP contribution in [0.2, 0.25) is 0 Å². The van der Waals surface area contributed by atoms with E-state index in [1.807, 2.05) is 18.3 Å². The van der Waals surface area contributed by atoms with Gasteiger partial charge in [-0.1, -0.05) is 18.2 Å². The molecule has 2 heterocycles. The molecule has 2 N–H and O–H groups in total. The van der Waals surface area contributed by atoms with E-state index in [0.29, 0.717) is 25.5 Å². The standard InChI is InChI=1S/C17H21N3O2/c1-17(2)15(21)8-10-19-16(22-17)18-9-7-12-11-20-14-6-4-3-5-13(12)14/h3-6,11,20H,7-10H2,1-2H3,(H,18,19). The molecule has 116 valence electrons. The van der Waals surface area contributed by atoms with Crippen LogP contribution in [0.5, 0.6) is 0 Å². The van der Waals surface area contributed by atoms with Gasteiger partial charge < -0.3 is 15.0 Å². The summed E-state index contributed by atoms with van der Waals surface area (Å²) in [5, 5.41) is 4.44. The number of fused-ring (bicyclic) bond motifs is 1. The van der Waals surface area contributed by atoms with E-state index in [1.165, 1.54) is 10.9 Å². The Hall–Kier alpha value is -2.30. The highest BCUT2D eigenvalue weighted by atomic mass is 16.5. The number of benzene rings is 1. The lowest BCUT2D eigenvalue weighted by molar-refractivity contribution is -0.132. The number of amidine groups is 1. The molecule has 1 aromatic carbocycles. The highest BCUT2D eigenvalue weighted by Crippen LogP contribution is 2.18. The fourth-order valence-corrected chi connectivity index (χ4v) is 2.63. The maximum Gasteiger partial charge on any atom is 0.285 e. The second-order valence-electron chi connectivity index (χ2n) is 6.01. The topological polar surface area (TPSA) is 66.5 Å². The van der Waals surface area contributed by atoms with Gasteiger partial charge in [0.2, 0.25) is 0 Å². The number of Topliss-reactive ketones (excluding diaryl/α,β-unsaturated/α-hetero) is 1. The van der Waals surface area contributed by atoms with Crippen molar-refractivity contribution in [3.05, 3.63) is 36.0 Å². The number of hydrogen-bond donors (Lipinski definition) is 2. The van der Waals surface area contributed by atoms with E-state index in [4.69, 9.17) is 4.74 Å². The van der Waals surface area contributed by atoms with Crippen LogP contribution in [-0.4, -0.2) is 35.5 Å². The van der Waals surface area contributed by atoms with Crippen LogP contribution in [0.25, 0.3) is 10.9 Å². The molecule has 0 radical (unpaired) electrons. The fraction of sp³-hybridized carbons (Fsp3) is 0.412. The summed E-state index contributed by atoms with van der Waals surface area (Å²) in [5.74, 6) is 0.0877. The van der Waals surface area contributed by atoms with Crippen LogP contribution in [0.1, 0.15) is 25.8 Å². The number of rotatable bonds is 3. The van der Waals surface area contributed by atoms with E-state index in [2.05, 4.69) is 27.4 Å². The van der Waals surface area contributed by atoms with E-state index < -0.39 is 5.60 Å². The van der Waals surface area contributed by atoms with Gasteiger partial charge in [-0.15, -0.1) is 0 Å². The third-order valence-corrected chi connectivity index (χ3v) is 3.96. The maximum absolute atomic E-state index is 11.9. The molecule has 5 nitrogen and oxygen atoms in total. The number of H-pyrrole nitrogens is 1. The summed E-state index contributed by atoms with van der Waals surface area (Å²) in [6, 6.07) is 8.71. The van der Waals surface area contributed by atoms with Crippen molar-refractivity contribution >= 4 is 22.7 Å². The molecule has 0 fully saturated rings. The van der Waals surface area contributed by atoms with Crippen LogP contribution < -0.4 is 5.32 Å². The molecule has 1 aromatic heterocycles. The van der Waals surface area contributed by atoms with Gasteiger partial charge in [0, 0.05) is 30.1 Å². The highest BCUT2D eigenvalue weighted by Gasteiger charge is 2.32. The Balaban J connectivity index is 1.61. The van der Waals surface area contributed by atoms with Crippen LogP contribution in [0, 0.1) is 0 Å². The predicted molar refractivity (Wildman–Crippen MR) is 87.1 cm³/mol. The van der Waals surface area contributed by atoms with Crippen molar-refractivity contribution in [2.24, 2.45) is 4.99 Å². The van der Waals surface area contributed by atoms with Gasteiger partial charge in [0.25, 0.3) is 6.02 Å². The number of hydrogen-bond acceptors (Lipinski definition) is 4. The van der Waals surface area contributed by atoms with Gasteiger partial charge in [-0.2, -0.15) is 0 Å². The number of ketones is 1. The minimum Gasteiger partial charge on any atom is -0.451 e. The average molecular weight is 299 g/mol. The van der Waals surface area contributed by atoms with E-state index in [0.717, 1.165) is 11.9 Å². The number of nitrogens with zero attached hydrogens (tertiary/aromatic N) is 1. The summed E-state index contributed by atoms with van der Waals surface area (Å²) < 4.78 is 5.70. The number of carbonyl (C=O) groups is 1. The zero-order valence-corrected chi connectivity index (χ0v) is 13.0. The third-order valence-electron chi connectivity index (χ3n) is 3.96. The highest BCUT2D eigenvalue weighted by molar-refractivity contribution is 5.91. The Morgan fingerprint density at radius 2 is 2.18 bits per heavy atom. The van der Waals surface area contributed by atoms with Crippen LogP contribution in [0.4, 0.5) is 0 Å². The van der Waals surface area contributed by atoms with E-state index in [9.17, 15) is 4.79 Å². The van der Waals surface area contributed by atoms with Gasteiger partial charge >= 0.3 is 0 Å². The molecule has 1 aliphatic rings. The molecule has 5 heteroatoms. The van der Waals surface area contributed by atoms with Crippen molar-refractivity contribution in [1.29, 1.82) is 0 Å². The minimum atomic E-state index is -0.802. The summed E-state index contributed by atoms with van der Waals surface area (Å²) in [7, 11) is 0. The van der Waals surface area contributed by atoms with Crippen molar-refractivity contribution in [3.63, 3.8) is 0 Å². The van der Waals surface area contributed by atoms with Gasteiger partial charge in [0.15, 0.2) is 11.4 Å². The van der Waals surface area contributed by atoms with Crippen molar-refractivity contribution < 1.29 is 9.53 Å². The fourth-order valence-electron chi connectivity index (χ4n) is 2.63. The van der Waals surface area contributed by atoms with Gasteiger partial charge in [-0.3, -0.25) is 4.79 Å². The number of ether oxygens (including phenoxy) is 1. The Morgan fingerprint density at radius 3 is 3.05 bits per heavy atom. The van der Waals surface area contributed by atoms with E-state index in [1.54, 1.807) is 13.8 Å². The molecule has 22 heavy (non-hydrogen) atoms. The Kier molecular flexibility index (Phi) is 3.88. The Bertz CT molecular complexity index is 716.